The van der Waals surface area contributed by atoms with Crippen molar-refractivity contribution in [1.82, 2.24) is 4.98 Å². The number of alkyl halides is 3. The van der Waals surface area contributed by atoms with Crippen LogP contribution < -0.4 is 0 Å². The Balaban J connectivity index is 2.10. The lowest BCUT2D eigenvalue weighted by molar-refractivity contribution is -0.137. The number of H-pyrrole nitrogens is 1. The lowest BCUT2D eigenvalue weighted by Crippen LogP contribution is -2.07. The number of aromatic nitrogens is 1. The fourth-order valence-electron chi connectivity index (χ4n) is 3.38. The highest BCUT2D eigenvalue weighted by atomic mass is 35.5. The SMILES string of the molecule is CCc1c(-c2ccc(CS(C)(=O)=O)c(Cl)c2)c[nH]c1-c1ccccc1C(F)(F)F. The van der Waals surface area contributed by atoms with Gasteiger partial charge in [0.15, 0.2) is 9.84 Å². The quantitative estimate of drug-likeness (QED) is 0.518. The minimum atomic E-state index is -4.47. The molecule has 0 amide bonds. The van der Waals surface area contributed by atoms with Gasteiger partial charge in [-0.3, -0.25) is 0 Å². The van der Waals surface area contributed by atoms with Crippen molar-refractivity contribution in [3.05, 3.63) is 70.4 Å². The Morgan fingerprint density at radius 1 is 1.07 bits per heavy atom. The fraction of sp³-hybridized carbons (Fsp3) is 0.238. The molecule has 3 rings (SSSR count). The molecule has 154 valence electrons. The van der Waals surface area contributed by atoms with Crippen LogP contribution in [0.5, 0.6) is 0 Å². The van der Waals surface area contributed by atoms with E-state index in [1.54, 1.807) is 30.5 Å². The van der Waals surface area contributed by atoms with Gasteiger partial charge >= 0.3 is 6.18 Å². The maximum absolute atomic E-state index is 13.5. The summed E-state index contributed by atoms with van der Waals surface area (Å²) in [6.45, 7) is 1.87. The van der Waals surface area contributed by atoms with E-state index in [-0.39, 0.29) is 11.3 Å². The van der Waals surface area contributed by atoms with Crippen LogP contribution in [0.4, 0.5) is 13.2 Å². The second kappa shape index (κ2) is 7.88. The molecular formula is C21H19ClF3NO2S. The van der Waals surface area contributed by atoms with Gasteiger partial charge in [-0.2, -0.15) is 13.2 Å². The smallest absolute Gasteiger partial charge is 0.360 e. The third-order valence-electron chi connectivity index (χ3n) is 4.62. The van der Waals surface area contributed by atoms with Crippen molar-refractivity contribution in [3.63, 3.8) is 0 Å². The zero-order valence-electron chi connectivity index (χ0n) is 15.8. The van der Waals surface area contributed by atoms with Crippen molar-refractivity contribution < 1.29 is 21.6 Å². The van der Waals surface area contributed by atoms with E-state index in [0.717, 1.165) is 23.4 Å². The monoisotopic (exact) mass is 441 g/mol. The number of rotatable bonds is 5. The summed E-state index contributed by atoms with van der Waals surface area (Å²) < 4.78 is 63.4. The molecule has 3 nitrogen and oxygen atoms in total. The van der Waals surface area contributed by atoms with Crippen LogP contribution >= 0.6 is 11.6 Å². The summed E-state index contributed by atoms with van der Waals surface area (Å²) in [6, 6.07) is 10.4. The van der Waals surface area contributed by atoms with E-state index in [1.807, 2.05) is 6.92 Å². The normalized spacial score (nSPS) is 12.3. The summed E-state index contributed by atoms with van der Waals surface area (Å²) in [4.78, 5) is 2.99. The van der Waals surface area contributed by atoms with E-state index in [1.165, 1.54) is 12.1 Å². The summed E-state index contributed by atoms with van der Waals surface area (Å²) in [5.74, 6) is -0.176. The summed E-state index contributed by atoms with van der Waals surface area (Å²) >= 11 is 6.27. The largest absolute Gasteiger partial charge is 0.417 e. The average Bonchev–Trinajstić information content (AvgIpc) is 3.05. The highest BCUT2D eigenvalue weighted by Gasteiger charge is 2.34. The summed E-state index contributed by atoms with van der Waals surface area (Å²) in [6.07, 6.45) is -1.18. The van der Waals surface area contributed by atoms with Crippen molar-refractivity contribution in [3.8, 4) is 22.4 Å². The number of hydrogen-bond donors (Lipinski definition) is 1. The van der Waals surface area contributed by atoms with Crippen molar-refractivity contribution in [2.75, 3.05) is 6.26 Å². The number of hydrogen-bond acceptors (Lipinski definition) is 2. The van der Waals surface area contributed by atoms with Crippen molar-refractivity contribution in [1.29, 1.82) is 0 Å². The van der Waals surface area contributed by atoms with Crippen LogP contribution in [0.25, 0.3) is 22.4 Å². The lowest BCUT2D eigenvalue weighted by Gasteiger charge is -2.13. The highest BCUT2D eigenvalue weighted by molar-refractivity contribution is 7.89. The van der Waals surface area contributed by atoms with Gasteiger partial charge in [0.1, 0.15) is 0 Å². The Kier molecular flexibility index (Phi) is 5.83. The van der Waals surface area contributed by atoms with Gasteiger partial charge in [0.25, 0.3) is 0 Å². The van der Waals surface area contributed by atoms with Gasteiger partial charge < -0.3 is 4.98 Å². The first-order chi connectivity index (χ1) is 13.5. The number of benzene rings is 2. The predicted octanol–water partition coefficient (Wildman–Crippen LogP) is 6.13. The first-order valence-electron chi connectivity index (χ1n) is 8.84. The number of aromatic amines is 1. The van der Waals surface area contributed by atoms with Crippen molar-refractivity contribution in [2.45, 2.75) is 25.3 Å². The molecule has 0 saturated carbocycles. The molecule has 8 heteroatoms. The van der Waals surface area contributed by atoms with Gasteiger partial charge in [-0.25, -0.2) is 8.42 Å². The van der Waals surface area contributed by atoms with Gasteiger partial charge in [0.2, 0.25) is 0 Å². The molecule has 1 heterocycles. The summed E-state index contributed by atoms with van der Waals surface area (Å²) in [7, 11) is -3.24. The predicted molar refractivity (Wildman–Crippen MR) is 110 cm³/mol. The third-order valence-corrected chi connectivity index (χ3v) is 5.81. The maximum atomic E-state index is 13.5. The molecule has 0 fully saturated rings. The molecule has 0 bridgehead atoms. The highest BCUT2D eigenvalue weighted by Crippen LogP contribution is 2.40. The molecule has 29 heavy (non-hydrogen) atoms. The van der Waals surface area contributed by atoms with Crippen molar-refractivity contribution in [2.24, 2.45) is 0 Å². The van der Waals surface area contributed by atoms with Gasteiger partial charge in [0.05, 0.1) is 11.3 Å². The van der Waals surface area contributed by atoms with Crippen LogP contribution in [-0.4, -0.2) is 19.7 Å². The van der Waals surface area contributed by atoms with E-state index < -0.39 is 21.6 Å². The molecule has 0 atom stereocenters. The summed E-state index contributed by atoms with van der Waals surface area (Å²) in [5, 5.41) is 0.299. The second-order valence-electron chi connectivity index (χ2n) is 6.83. The first-order valence-corrected chi connectivity index (χ1v) is 11.3. The Labute approximate surface area is 172 Å². The molecule has 0 aliphatic rings. The van der Waals surface area contributed by atoms with Crippen LogP contribution in [0.2, 0.25) is 5.02 Å². The fourth-order valence-corrected chi connectivity index (χ4v) is 4.52. The molecule has 0 radical (unpaired) electrons. The van der Waals surface area contributed by atoms with Gasteiger partial charge in [-0.15, -0.1) is 0 Å². The minimum absolute atomic E-state index is 0.0860. The molecule has 0 saturated heterocycles. The molecule has 1 N–H and O–H groups in total. The number of halogens is 4. The van der Waals surface area contributed by atoms with Crippen LogP contribution in [0.3, 0.4) is 0 Å². The van der Waals surface area contributed by atoms with Crippen LogP contribution in [0, 0.1) is 0 Å². The van der Waals surface area contributed by atoms with Gasteiger partial charge in [0, 0.05) is 34.3 Å². The van der Waals surface area contributed by atoms with E-state index >= 15 is 0 Å². The standard InChI is InChI=1S/C21H19ClF3NO2S/c1-3-15-17(13-8-9-14(19(22)10-13)12-29(2,27)28)11-26-20(15)16-6-4-5-7-18(16)21(23,24)25/h4-11,26H,3,12H2,1-2H3. The van der Waals surface area contributed by atoms with Crippen molar-refractivity contribution >= 4 is 21.4 Å². The molecule has 0 aliphatic carbocycles. The van der Waals surface area contributed by atoms with Crippen LogP contribution in [0.1, 0.15) is 23.6 Å². The van der Waals surface area contributed by atoms with E-state index in [0.29, 0.717) is 28.3 Å². The molecule has 0 spiro atoms. The number of nitrogens with one attached hydrogen (secondary N) is 1. The Hall–Kier alpha value is -2.25. The Morgan fingerprint density at radius 2 is 1.76 bits per heavy atom. The Bertz CT molecular complexity index is 1150. The Morgan fingerprint density at radius 3 is 2.34 bits per heavy atom. The maximum Gasteiger partial charge on any atom is 0.417 e. The van der Waals surface area contributed by atoms with Crippen LogP contribution in [-0.2, 0) is 28.2 Å². The molecule has 3 aromatic rings. The van der Waals surface area contributed by atoms with Crippen LogP contribution in [0.15, 0.2) is 48.7 Å². The third kappa shape index (κ3) is 4.67. The first kappa shape index (κ1) is 21.5. The topological polar surface area (TPSA) is 49.9 Å². The molecule has 0 unspecified atom stereocenters. The molecule has 2 aromatic carbocycles. The second-order valence-corrected chi connectivity index (χ2v) is 9.38. The van der Waals surface area contributed by atoms with Gasteiger partial charge in [-0.1, -0.05) is 48.9 Å². The zero-order valence-corrected chi connectivity index (χ0v) is 17.3. The summed E-state index contributed by atoms with van der Waals surface area (Å²) in [5.41, 5.74) is 2.44. The molecule has 1 aromatic heterocycles. The van der Waals surface area contributed by atoms with E-state index in [9.17, 15) is 21.6 Å². The van der Waals surface area contributed by atoms with E-state index in [2.05, 4.69) is 4.98 Å². The minimum Gasteiger partial charge on any atom is -0.360 e. The molecular weight excluding hydrogens is 423 g/mol. The molecule has 0 aliphatic heterocycles. The van der Waals surface area contributed by atoms with Gasteiger partial charge in [-0.05, 0) is 35.2 Å². The zero-order chi connectivity index (χ0) is 21.4. The number of sulfone groups is 1. The lowest BCUT2D eigenvalue weighted by atomic mass is 9.95. The average molecular weight is 442 g/mol. The van der Waals surface area contributed by atoms with E-state index in [4.69, 9.17) is 11.6 Å².